The highest BCUT2D eigenvalue weighted by molar-refractivity contribution is 5.13. The van der Waals surface area contributed by atoms with Crippen LogP contribution < -0.4 is 5.73 Å². The van der Waals surface area contributed by atoms with Crippen LogP contribution in [0, 0.1) is 11.8 Å². The molecule has 2 heteroatoms. The van der Waals surface area contributed by atoms with Gasteiger partial charge in [-0.25, -0.2) is 0 Å². The second-order valence-electron chi connectivity index (χ2n) is 5.12. The summed E-state index contributed by atoms with van der Waals surface area (Å²) < 4.78 is 5.80. The number of rotatable bonds is 5. The normalized spacial score (nSPS) is 24.8. The van der Waals surface area contributed by atoms with Gasteiger partial charge in [-0.15, -0.1) is 0 Å². The molecule has 0 saturated heterocycles. The molecule has 1 aromatic carbocycles. The van der Waals surface area contributed by atoms with Gasteiger partial charge in [0.1, 0.15) is 0 Å². The zero-order valence-corrected chi connectivity index (χ0v) is 10.5. The van der Waals surface area contributed by atoms with Crippen LogP contribution in [0.2, 0.25) is 0 Å². The first-order chi connectivity index (χ1) is 8.38. The summed E-state index contributed by atoms with van der Waals surface area (Å²) in [5, 5.41) is 0. The van der Waals surface area contributed by atoms with Crippen molar-refractivity contribution in [2.24, 2.45) is 17.6 Å². The van der Waals surface area contributed by atoms with Gasteiger partial charge in [-0.3, -0.25) is 0 Å². The van der Waals surface area contributed by atoms with E-state index in [0.717, 1.165) is 31.6 Å². The van der Waals surface area contributed by atoms with Crippen molar-refractivity contribution in [3.05, 3.63) is 35.9 Å². The van der Waals surface area contributed by atoms with Gasteiger partial charge in [-0.05, 0) is 49.6 Å². The molecule has 1 aliphatic rings. The predicted molar refractivity (Wildman–Crippen MR) is 70.6 cm³/mol. The number of nitrogens with two attached hydrogens (primary N) is 1. The summed E-state index contributed by atoms with van der Waals surface area (Å²) >= 11 is 0. The fourth-order valence-corrected chi connectivity index (χ4v) is 2.55. The minimum atomic E-state index is 0.748. The highest BCUT2D eigenvalue weighted by Crippen LogP contribution is 2.28. The summed E-state index contributed by atoms with van der Waals surface area (Å²) in [7, 11) is 0. The molecule has 0 bridgehead atoms. The van der Waals surface area contributed by atoms with Crippen molar-refractivity contribution in [3.8, 4) is 0 Å². The highest BCUT2D eigenvalue weighted by atomic mass is 16.5. The Hall–Kier alpha value is -0.860. The smallest absolute Gasteiger partial charge is 0.0717 e. The van der Waals surface area contributed by atoms with E-state index in [9.17, 15) is 0 Å². The third-order valence-corrected chi connectivity index (χ3v) is 3.76. The predicted octanol–water partition coefficient (Wildman–Crippen LogP) is 2.97. The average molecular weight is 233 g/mol. The molecule has 0 heterocycles. The van der Waals surface area contributed by atoms with E-state index < -0.39 is 0 Å². The van der Waals surface area contributed by atoms with Gasteiger partial charge < -0.3 is 10.5 Å². The topological polar surface area (TPSA) is 35.2 Å². The molecule has 0 spiro atoms. The van der Waals surface area contributed by atoms with E-state index >= 15 is 0 Å². The first-order valence-corrected chi connectivity index (χ1v) is 6.70. The quantitative estimate of drug-likeness (QED) is 0.848. The molecule has 1 fully saturated rings. The summed E-state index contributed by atoms with van der Waals surface area (Å²) in [6, 6.07) is 10.4. The molecule has 17 heavy (non-hydrogen) atoms. The molecule has 2 nitrogen and oxygen atoms in total. The molecular formula is C15H23NO. The third kappa shape index (κ3) is 4.14. The molecular weight excluding hydrogens is 210 g/mol. The van der Waals surface area contributed by atoms with Crippen LogP contribution in [0.1, 0.15) is 31.2 Å². The van der Waals surface area contributed by atoms with Crippen molar-refractivity contribution in [3.63, 3.8) is 0 Å². The molecule has 94 valence electrons. The van der Waals surface area contributed by atoms with Gasteiger partial charge in [0.15, 0.2) is 0 Å². The van der Waals surface area contributed by atoms with Crippen LogP contribution in [0.25, 0.3) is 0 Å². The minimum absolute atomic E-state index is 0.748. The fourth-order valence-electron chi connectivity index (χ4n) is 2.55. The Morgan fingerprint density at radius 3 is 2.29 bits per heavy atom. The maximum absolute atomic E-state index is 5.80. The van der Waals surface area contributed by atoms with Crippen molar-refractivity contribution in [1.29, 1.82) is 0 Å². The van der Waals surface area contributed by atoms with Gasteiger partial charge in [-0.2, -0.15) is 0 Å². The molecule has 0 atom stereocenters. The lowest BCUT2D eigenvalue weighted by Gasteiger charge is -2.27. The monoisotopic (exact) mass is 233 g/mol. The van der Waals surface area contributed by atoms with E-state index in [4.69, 9.17) is 10.5 Å². The Morgan fingerprint density at radius 2 is 1.65 bits per heavy atom. The summed E-state index contributed by atoms with van der Waals surface area (Å²) in [5.74, 6) is 1.52. The molecule has 1 saturated carbocycles. The Kier molecular flexibility index (Phi) is 5.02. The number of benzene rings is 1. The Labute approximate surface area is 104 Å². The highest BCUT2D eigenvalue weighted by Gasteiger charge is 2.19. The van der Waals surface area contributed by atoms with Gasteiger partial charge in [-0.1, -0.05) is 30.3 Å². The van der Waals surface area contributed by atoms with Crippen molar-refractivity contribution >= 4 is 0 Å². The van der Waals surface area contributed by atoms with Gasteiger partial charge in [0.25, 0.3) is 0 Å². The molecule has 1 aromatic rings. The van der Waals surface area contributed by atoms with Crippen LogP contribution in [0.3, 0.4) is 0 Å². The average Bonchev–Trinajstić information content (AvgIpc) is 2.41. The van der Waals surface area contributed by atoms with Crippen LogP contribution in [0.5, 0.6) is 0 Å². The van der Waals surface area contributed by atoms with Gasteiger partial charge in [0.2, 0.25) is 0 Å². The summed E-state index contributed by atoms with van der Waals surface area (Å²) in [5.41, 5.74) is 6.96. The molecule has 0 unspecified atom stereocenters. The van der Waals surface area contributed by atoms with Crippen LogP contribution in [-0.2, 0) is 11.3 Å². The van der Waals surface area contributed by atoms with E-state index in [1.165, 1.54) is 31.2 Å². The molecule has 0 aliphatic heterocycles. The van der Waals surface area contributed by atoms with E-state index in [1.807, 2.05) is 6.07 Å². The number of hydrogen-bond donors (Lipinski definition) is 1. The zero-order chi connectivity index (χ0) is 11.9. The lowest BCUT2D eigenvalue weighted by Crippen LogP contribution is -2.23. The zero-order valence-electron chi connectivity index (χ0n) is 10.5. The largest absolute Gasteiger partial charge is 0.376 e. The molecule has 2 N–H and O–H groups in total. The van der Waals surface area contributed by atoms with Crippen LogP contribution in [0.15, 0.2) is 30.3 Å². The van der Waals surface area contributed by atoms with Crippen LogP contribution >= 0.6 is 0 Å². The van der Waals surface area contributed by atoms with E-state index in [2.05, 4.69) is 24.3 Å². The lowest BCUT2D eigenvalue weighted by atomic mass is 9.82. The Bertz CT molecular complexity index is 304. The standard InChI is InChI=1S/C15H23NO/c16-10-13-6-8-15(9-7-13)12-17-11-14-4-2-1-3-5-14/h1-5,13,15H,6-12,16H2/t13-,15-. The first kappa shape index (κ1) is 12.6. The first-order valence-electron chi connectivity index (χ1n) is 6.70. The maximum atomic E-state index is 5.80. The Morgan fingerprint density at radius 1 is 1.00 bits per heavy atom. The van der Waals surface area contributed by atoms with Gasteiger partial charge in [0, 0.05) is 6.61 Å². The van der Waals surface area contributed by atoms with Crippen LogP contribution in [0.4, 0.5) is 0 Å². The van der Waals surface area contributed by atoms with E-state index in [1.54, 1.807) is 0 Å². The second kappa shape index (κ2) is 6.77. The summed E-state index contributed by atoms with van der Waals surface area (Å²) in [6.07, 6.45) is 5.15. The van der Waals surface area contributed by atoms with Crippen molar-refractivity contribution in [2.45, 2.75) is 32.3 Å². The van der Waals surface area contributed by atoms with Crippen LogP contribution in [-0.4, -0.2) is 13.2 Å². The number of ether oxygens (including phenoxy) is 1. The molecule has 2 rings (SSSR count). The second-order valence-corrected chi connectivity index (χ2v) is 5.12. The SMILES string of the molecule is NC[C@H]1CC[C@H](COCc2ccccc2)CC1. The minimum Gasteiger partial charge on any atom is -0.376 e. The summed E-state index contributed by atoms with van der Waals surface area (Å²) in [6.45, 7) is 2.52. The van der Waals surface area contributed by atoms with Gasteiger partial charge >= 0.3 is 0 Å². The van der Waals surface area contributed by atoms with Crippen molar-refractivity contribution in [2.75, 3.05) is 13.2 Å². The molecule has 0 radical (unpaired) electrons. The molecule has 1 aliphatic carbocycles. The van der Waals surface area contributed by atoms with E-state index in [-0.39, 0.29) is 0 Å². The lowest BCUT2D eigenvalue weighted by molar-refractivity contribution is 0.0677. The number of hydrogen-bond acceptors (Lipinski definition) is 2. The maximum Gasteiger partial charge on any atom is 0.0717 e. The fraction of sp³-hybridized carbons (Fsp3) is 0.600. The van der Waals surface area contributed by atoms with Crippen molar-refractivity contribution in [1.82, 2.24) is 0 Å². The Balaban J connectivity index is 1.63. The molecule has 0 amide bonds. The van der Waals surface area contributed by atoms with Crippen molar-refractivity contribution < 1.29 is 4.74 Å². The van der Waals surface area contributed by atoms with E-state index in [0.29, 0.717) is 0 Å². The summed E-state index contributed by atoms with van der Waals surface area (Å²) in [4.78, 5) is 0. The third-order valence-electron chi connectivity index (χ3n) is 3.76. The van der Waals surface area contributed by atoms with Gasteiger partial charge in [0.05, 0.1) is 6.61 Å². The molecule has 0 aromatic heterocycles.